The zero-order valence-electron chi connectivity index (χ0n) is 11.5. The van der Waals surface area contributed by atoms with Gasteiger partial charge >= 0.3 is 0 Å². The summed E-state index contributed by atoms with van der Waals surface area (Å²) in [7, 11) is 0. The van der Waals surface area contributed by atoms with Crippen molar-refractivity contribution in [1.29, 1.82) is 0 Å². The molecule has 1 atom stereocenters. The number of hydrogen-bond donors (Lipinski definition) is 3. The van der Waals surface area contributed by atoms with E-state index in [-0.39, 0.29) is 11.4 Å². The third-order valence-corrected chi connectivity index (χ3v) is 3.96. The minimum absolute atomic E-state index is 0.142. The van der Waals surface area contributed by atoms with Crippen molar-refractivity contribution >= 4 is 11.6 Å². The predicted octanol–water partition coefficient (Wildman–Crippen LogP) is 1.46. The molecular formula is C15H23N3O. The number of hydrogen-bond acceptors (Lipinski definition) is 3. The van der Waals surface area contributed by atoms with Crippen LogP contribution in [0.4, 0.5) is 5.69 Å². The first-order valence-electron chi connectivity index (χ1n) is 7.04. The first kappa shape index (κ1) is 13.9. The van der Waals surface area contributed by atoms with Gasteiger partial charge in [0.25, 0.3) is 0 Å². The summed E-state index contributed by atoms with van der Waals surface area (Å²) in [6.07, 6.45) is 3.71. The third-order valence-electron chi connectivity index (χ3n) is 3.96. The monoisotopic (exact) mass is 261 g/mol. The fourth-order valence-corrected chi connectivity index (χ4v) is 2.64. The van der Waals surface area contributed by atoms with Gasteiger partial charge in [-0.05, 0) is 49.9 Å². The van der Waals surface area contributed by atoms with Crippen molar-refractivity contribution in [3.63, 3.8) is 0 Å². The van der Waals surface area contributed by atoms with Crippen LogP contribution in [0.15, 0.2) is 24.3 Å². The van der Waals surface area contributed by atoms with Gasteiger partial charge < -0.3 is 16.4 Å². The number of carbonyl (C=O) groups excluding carboxylic acids is 1. The van der Waals surface area contributed by atoms with Crippen LogP contribution in [0.25, 0.3) is 0 Å². The molecular weight excluding hydrogens is 238 g/mol. The van der Waals surface area contributed by atoms with Gasteiger partial charge in [0.05, 0.1) is 5.54 Å². The van der Waals surface area contributed by atoms with Gasteiger partial charge in [0.15, 0.2) is 0 Å². The van der Waals surface area contributed by atoms with Gasteiger partial charge in [0.1, 0.15) is 0 Å². The Morgan fingerprint density at radius 3 is 2.74 bits per heavy atom. The first-order valence-corrected chi connectivity index (χ1v) is 7.04. The maximum Gasteiger partial charge on any atom is 0.240 e. The molecule has 0 bridgehead atoms. The van der Waals surface area contributed by atoms with E-state index in [4.69, 9.17) is 5.73 Å². The lowest BCUT2D eigenvalue weighted by atomic mass is 9.93. The normalized spacial score (nSPS) is 22.4. The standard InChI is InChI=1S/C15H23N3O/c1-2-15(9-3-10-18-15)14(19)17-11-8-12-4-6-13(16)7-5-12/h4-7,18H,2-3,8-11,16H2,1H3,(H,17,19). The number of benzene rings is 1. The van der Waals surface area contributed by atoms with Crippen LogP contribution in [0.3, 0.4) is 0 Å². The quantitative estimate of drug-likeness (QED) is 0.703. The molecule has 1 aliphatic rings. The zero-order chi connectivity index (χ0) is 13.7. The average Bonchev–Trinajstić information content (AvgIpc) is 2.91. The summed E-state index contributed by atoms with van der Waals surface area (Å²) in [5, 5.41) is 6.39. The van der Waals surface area contributed by atoms with Gasteiger partial charge in [-0.3, -0.25) is 4.79 Å². The van der Waals surface area contributed by atoms with Crippen LogP contribution in [0.2, 0.25) is 0 Å². The molecule has 0 aliphatic carbocycles. The first-order chi connectivity index (χ1) is 9.16. The van der Waals surface area contributed by atoms with Crippen molar-refractivity contribution in [1.82, 2.24) is 10.6 Å². The molecule has 0 radical (unpaired) electrons. The molecule has 2 rings (SSSR count). The number of nitrogens with one attached hydrogen (secondary N) is 2. The molecule has 1 unspecified atom stereocenters. The number of rotatable bonds is 5. The summed E-state index contributed by atoms with van der Waals surface area (Å²) < 4.78 is 0. The van der Waals surface area contributed by atoms with E-state index in [1.54, 1.807) is 0 Å². The minimum atomic E-state index is -0.332. The van der Waals surface area contributed by atoms with E-state index in [9.17, 15) is 4.79 Å². The number of nitrogens with two attached hydrogens (primary N) is 1. The second-order valence-electron chi connectivity index (χ2n) is 5.21. The van der Waals surface area contributed by atoms with E-state index >= 15 is 0 Å². The van der Waals surface area contributed by atoms with Gasteiger partial charge in [-0.1, -0.05) is 19.1 Å². The Balaban J connectivity index is 1.82. The van der Waals surface area contributed by atoms with Crippen LogP contribution in [-0.4, -0.2) is 24.5 Å². The smallest absolute Gasteiger partial charge is 0.240 e. The molecule has 1 amide bonds. The summed E-state index contributed by atoms with van der Waals surface area (Å²) >= 11 is 0. The average molecular weight is 261 g/mol. The lowest BCUT2D eigenvalue weighted by molar-refractivity contribution is -0.127. The fourth-order valence-electron chi connectivity index (χ4n) is 2.64. The molecule has 0 saturated carbocycles. The van der Waals surface area contributed by atoms with Crippen molar-refractivity contribution < 1.29 is 4.79 Å². The van der Waals surface area contributed by atoms with Gasteiger partial charge in [0.2, 0.25) is 5.91 Å². The van der Waals surface area contributed by atoms with E-state index < -0.39 is 0 Å². The Morgan fingerprint density at radius 1 is 1.42 bits per heavy atom. The second kappa shape index (κ2) is 6.06. The second-order valence-corrected chi connectivity index (χ2v) is 5.21. The third kappa shape index (κ3) is 3.26. The molecule has 4 nitrogen and oxygen atoms in total. The van der Waals surface area contributed by atoms with E-state index in [2.05, 4.69) is 17.6 Å². The molecule has 19 heavy (non-hydrogen) atoms. The topological polar surface area (TPSA) is 67.2 Å². The number of amides is 1. The largest absolute Gasteiger partial charge is 0.399 e. The van der Waals surface area contributed by atoms with E-state index in [1.807, 2.05) is 24.3 Å². The summed E-state index contributed by atoms with van der Waals surface area (Å²) in [5.41, 5.74) is 7.28. The lowest BCUT2D eigenvalue weighted by Crippen LogP contribution is -2.53. The molecule has 104 valence electrons. The van der Waals surface area contributed by atoms with Crippen LogP contribution in [-0.2, 0) is 11.2 Å². The van der Waals surface area contributed by atoms with Crippen LogP contribution < -0.4 is 16.4 Å². The predicted molar refractivity (Wildman–Crippen MR) is 77.8 cm³/mol. The molecule has 1 saturated heterocycles. The van der Waals surface area contributed by atoms with Crippen LogP contribution in [0, 0.1) is 0 Å². The Kier molecular flexibility index (Phi) is 4.43. The highest BCUT2D eigenvalue weighted by molar-refractivity contribution is 5.86. The van der Waals surface area contributed by atoms with Gasteiger partial charge in [-0.15, -0.1) is 0 Å². The molecule has 1 fully saturated rings. The van der Waals surface area contributed by atoms with Crippen molar-refractivity contribution in [2.24, 2.45) is 0 Å². The lowest BCUT2D eigenvalue weighted by Gasteiger charge is -2.26. The van der Waals surface area contributed by atoms with Crippen molar-refractivity contribution in [3.05, 3.63) is 29.8 Å². The summed E-state index contributed by atoms with van der Waals surface area (Å²) in [5.74, 6) is 0.142. The zero-order valence-corrected chi connectivity index (χ0v) is 11.5. The summed E-state index contributed by atoms with van der Waals surface area (Å²) in [6, 6.07) is 7.79. The number of anilines is 1. The molecule has 0 aromatic heterocycles. The van der Waals surface area contributed by atoms with Crippen molar-refractivity contribution in [2.45, 2.75) is 38.1 Å². The number of nitrogen functional groups attached to an aromatic ring is 1. The van der Waals surface area contributed by atoms with Gasteiger partial charge in [-0.25, -0.2) is 0 Å². The Morgan fingerprint density at radius 2 is 2.16 bits per heavy atom. The maximum atomic E-state index is 12.2. The SMILES string of the molecule is CCC1(C(=O)NCCc2ccc(N)cc2)CCCN1. The van der Waals surface area contributed by atoms with Gasteiger partial charge in [-0.2, -0.15) is 0 Å². The van der Waals surface area contributed by atoms with Crippen LogP contribution >= 0.6 is 0 Å². The van der Waals surface area contributed by atoms with Crippen molar-refractivity contribution in [2.75, 3.05) is 18.8 Å². The highest BCUT2D eigenvalue weighted by Crippen LogP contribution is 2.22. The highest BCUT2D eigenvalue weighted by atomic mass is 16.2. The van der Waals surface area contributed by atoms with E-state index in [0.717, 1.165) is 37.9 Å². The Bertz CT molecular complexity index is 422. The summed E-state index contributed by atoms with van der Waals surface area (Å²) in [4.78, 5) is 12.2. The van der Waals surface area contributed by atoms with Crippen LogP contribution in [0.5, 0.6) is 0 Å². The van der Waals surface area contributed by atoms with Crippen LogP contribution in [0.1, 0.15) is 31.7 Å². The molecule has 1 heterocycles. The minimum Gasteiger partial charge on any atom is -0.399 e. The number of carbonyl (C=O) groups is 1. The molecule has 1 aromatic carbocycles. The molecule has 4 heteroatoms. The van der Waals surface area contributed by atoms with E-state index in [0.29, 0.717) is 6.54 Å². The Hall–Kier alpha value is -1.55. The fraction of sp³-hybridized carbons (Fsp3) is 0.533. The van der Waals surface area contributed by atoms with Crippen molar-refractivity contribution in [3.8, 4) is 0 Å². The highest BCUT2D eigenvalue weighted by Gasteiger charge is 2.38. The maximum absolute atomic E-state index is 12.2. The summed E-state index contributed by atoms with van der Waals surface area (Å²) in [6.45, 7) is 3.68. The molecule has 4 N–H and O–H groups in total. The Labute approximate surface area is 114 Å². The van der Waals surface area contributed by atoms with Gasteiger partial charge in [0, 0.05) is 12.2 Å². The molecule has 0 spiro atoms. The molecule has 1 aliphatic heterocycles. The van der Waals surface area contributed by atoms with E-state index in [1.165, 1.54) is 5.56 Å². The molecule has 1 aromatic rings.